The van der Waals surface area contributed by atoms with Crippen LogP contribution in [0, 0.1) is 6.92 Å². The maximum absolute atomic E-state index is 13.1. The molecule has 6 heteroatoms. The van der Waals surface area contributed by atoms with E-state index in [0.29, 0.717) is 34.2 Å². The normalized spacial score (nSPS) is 18.7. The number of carbonyl (C=O) groups is 1. The van der Waals surface area contributed by atoms with Crippen LogP contribution in [-0.4, -0.2) is 23.2 Å². The van der Waals surface area contributed by atoms with Gasteiger partial charge in [-0.05, 0) is 43.9 Å². The maximum atomic E-state index is 13.1. The van der Waals surface area contributed by atoms with Gasteiger partial charge in [0.1, 0.15) is 5.56 Å². The summed E-state index contributed by atoms with van der Waals surface area (Å²) in [6.07, 6.45) is 2.82. The third-order valence-electron chi connectivity index (χ3n) is 5.28. The summed E-state index contributed by atoms with van der Waals surface area (Å²) in [7, 11) is 0. The lowest BCUT2D eigenvalue weighted by Crippen LogP contribution is -2.41. The van der Waals surface area contributed by atoms with E-state index < -0.39 is 0 Å². The molecule has 4 rings (SSSR count). The van der Waals surface area contributed by atoms with Crippen molar-refractivity contribution in [2.75, 3.05) is 0 Å². The Hall–Kier alpha value is -2.63. The van der Waals surface area contributed by atoms with E-state index in [0.717, 1.165) is 24.8 Å². The average Bonchev–Trinajstić information content (AvgIpc) is 3.33. The summed E-state index contributed by atoms with van der Waals surface area (Å²) in [6, 6.07) is 17.3. The molecule has 0 radical (unpaired) electrons. The number of halogens is 1. The molecule has 1 aliphatic rings. The topological polar surface area (TPSA) is 64.4 Å². The monoisotopic (exact) mass is 410 g/mol. The quantitative estimate of drug-likeness (QED) is 0.608. The molecule has 0 bridgehead atoms. The summed E-state index contributed by atoms with van der Waals surface area (Å²) in [5.74, 6) is 0.184. The average molecular weight is 411 g/mol. The summed E-state index contributed by atoms with van der Waals surface area (Å²) in [5, 5.41) is 7.65. The van der Waals surface area contributed by atoms with Crippen LogP contribution in [0.4, 0.5) is 0 Å². The molecule has 0 spiro atoms. The second-order valence-electron chi connectivity index (χ2n) is 7.30. The molecule has 1 amide bonds. The van der Waals surface area contributed by atoms with Crippen molar-refractivity contribution < 1.29 is 14.1 Å². The minimum Gasteiger partial charge on any atom is -0.371 e. The van der Waals surface area contributed by atoms with Crippen molar-refractivity contribution in [2.45, 2.75) is 44.9 Å². The Labute approximate surface area is 175 Å². The van der Waals surface area contributed by atoms with E-state index in [9.17, 15) is 4.79 Å². The predicted octanol–water partition coefficient (Wildman–Crippen LogP) is 5.17. The van der Waals surface area contributed by atoms with Crippen molar-refractivity contribution >= 4 is 17.5 Å². The van der Waals surface area contributed by atoms with Gasteiger partial charge in [-0.25, -0.2) is 0 Å². The Morgan fingerprint density at radius 2 is 1.93 bits per heavy atom. The predicted molar refractivity (Wildman–Crippen MR) is 112 cm³/mol. The van der Waals surface area contributed by atoms with Crippen molar-refractivity contribution in [3.05, 3.63) is 76.4 Å². The van der Waals surface area contributed by atoms with Crippen LogP contribution in [0.2, 0.25) is 5.02 Å². The number of nitrogens with zero attached hydrogens (tertiary/aromatic N) is 1. The molecule has 2 atom stereocenters. The Balaban J connectivity index is 1.48. The number of carbonyl (C=O) groups excluding carboxylic acids is 1. The van der Waals surface area contributed by atoms with Crippen LogP contribution < -0.4 is 5.32 Å². The van der Waals surface area contributed by atoms with Gasteiger partial charge in [0.2, 0.25) is 0 Å². The van der Waals surface area contributed by atoms with Crippen LogP contribution in [0.1, 0.15) is 40.9 Å². The minimum atomic E-state index is -0.209. The van der Waals surface area contributed by atoms with E-state index in [2.05, 4.69) is 10.5 Å². The number of benzene rings is 2. The second kappa shape index (κ2) is 8.80. The Morgan fingerprint density at radius 1 is 1.17 bits per heavy atom. The fourth-order valence-electron chi connectivity index (χ4n) is 3.77. The number of ether oxygens (including phenoxy) is 1. The van der Waals surface area contributed by atoms with Crippen LogP contribution in [0.15, 0.2) is 59.1 Å². The highest BCUT2D eigenvalue weighted by Crippen LogP contribution is 2.32. The summed E-state index contributed by atoms with van der Waals surface area (Å²) in [4.78, 5) is 13.1. The lowest BCUT2D eigenvalue weighted by Gasteiger charge is -2.21. The molecule has 1 fully saturated rings. The first kappa shape index (κ1) is 19.7. The van der Waals surface area contributed by atoms with E-state index >= 15 is 0 Å². The molecule has 0 unspecified atom stereocenters. The number of amides is 1. The lowest BCUT2D eigenvalue weighted by molar-refractivity contribution is 0.0272. The number of aryl methyl sites for hydroxylation is 1. The highest BCUT2D eigenvalue weighted by atomic mass is 35.5. The first-order valence-electron chi connectivity index (χ1n) is 9.81. The molecule has 1 saturated carbocycles. The van der Waals surface area contributed by atoms with Crippen molar-refractivity contribution in [3.8, 4) is 11.3 Å². The molecule has 0 saturated heterocycles. The van der Waals surface area contributed by atoms with Gasteiger partial charge in [-0.1, -0.05) is 59.2 Å². The van der Waals surface area contributed by atoms with Crippen LogP contribution >= 0.6 is 11.6 Å². The van der Waals surface area contributed by atoms with Crippen molar-refractivity contribution in [1.82, 2.24) is 10.5 Å². The largest absolute Gasteiger partial charge is 0.371 e. The number of hydrogen-bond donors (Lipinski definition) is 1. The molecular weight excluding hydrogens is 388 g/mol. The van der Waals surface area contributed by atoms with Crippen molar-refractivity contribution in [2.24, 2.45) is 0 Å². The molecule has 1 N–H and O–H groups in total. The zero-order chi connectivity index (χ0) is 20.2. The van der Waals surface area contributed by atoms with Gasteiger partial charge in [0.15, 0.2) is 5.76 Å². The van der Waals surface area contributed by atoms with Gasteiger partial charge in [0, 0.05) is 5.56 Å². The van der Waals surface area contributed by atoms with Crippen molar-refractivity contribution in [3.63, 3.8) is 0 Å². The Bertz CT molecular complexity index is 987. The van der Waals surface area contributed by atoms with E-state index in [4.69, 9.17) is 20.9 Å². The molecule has 3 aromatic rings. The van der Waals surface area contributed by atoms with Gasteiger partial charge in [-0.15, -0.1) is 0 Å². The molecule has 0 aliphatic heterocycles. The summed E-state index contributed by atoms with van der Waals surface area (Å²) in [6.45, 7) is 2.30. The number of hydrogen-bond acceptors (Lipinski definition) is 4. The van der Waals surface area contributed by atoms with Gasteiger partial charge in [0.05, 0.1) is 29.5 Å². The Morgan fingerprint density at radius 3 is 2.72 bits per heavy atom. The van der Waals surface area contributed by atoms with Gasteiger partial charge in [-0.3, -0.25) is 4.79 Å². The molecule has 2 aromatic carbocycles. The SMILES string of the molecule is Cc1noc(-c2ccccc2Cl)c1C(=O)N[C@H]1CCC[C@@H]1OCc1ccccc1. The van der Waals surface area contributed by atoms with Gasteiger partial charge >= 0.3 is 0 Å². The first-order valence-corrected chi connectivity index (χ1v) is 10.2. The Kier molecular flexibility index (Phi) is 5.97. The molecular formula is C23H23ClN2O3. The number of rotatable bonds is 6. The fraction of sp³-hybridized carbons (Fsp3) is 0.304. The third-order valence-corrected chi connectivity index (χ3v) is 5.61. The van der Waals surface area contributed by atoms with E-state index in [1.807, 2.05) is 48.5 Å². The van der Waals surface area contributed by atoms with Gasteiger partial charge in [0.25, 0.3) is 5.91 Å². The summed E-state index contributed by atoms with van der Waals surface area (Å²) < 4.78 is 11.6. The van der Waals surface area contributed by atoms with Crippen LogP contribution in [0.3, 0.4) is 0 Å². The molecule has 150 valence electrons. The number of aromatic nitrogens is 1. The third kappa shape index (κ3) is 4.36. The van der Waals surface area contributed by atoms with E-state index in [-0.39, 0.29) is 18.1 Å². The summed E-state index contributed by atoms with van der Waals surface area (Å²) in [5.41, 5.74) is 2.74. The second-order valence-corrected chi connectivity index (χ2v) is 7.71. The first-order chi connectivity index (χ1) is 14.1. The minimum absolute atomic E-state index is 0.0110. The van der Waals surface area contributed by atoms with E-state index in [1.165, 1.54) is 0 Å². The molecule has 1 aromatic heterocycles. The molecule has 5 nitrogen and oxygen atoms in total. The highest BCUT2D eigenvalue weighted by molar-refractivity contribution is 6.33. The molecule has 1 aliphatic carbocycles. The van der Waals surface area contributed by atoms with Crippen LogP contribution in [0.5, 0.6) is 0 Å². The van der Waals surface area contributed by atoms with E-state index in [1.54, 1.807) is 13.0 Å². The zero-order valence-corrected chi connectivity index (χ0v) is 17.0. The highest BCUT2D eigenvalue weighted by Gasteiger charge is 2.32. The lowest BCUT2D eigenvalue weighted by atomic mass is 10.1. The standard InChI is InChI=1S/C23H23ClN2O3/c1-15-21(22(29-26-15)17-10-5-6-11-18(17)24)23(27)25-19-12-7-13-20(19)28-14-16-8-3-2-4-9-16/h2-6,8-11,19-20H,7,12-14H2,1H3,(H,25,27)/t19-,20-/m0/s1. The zero-order valence-electron chi connectivity index (χ0n) is 16.2. The smallest absolute Gasteiger partial charge is 0.257 e. The molecule has 1 heterocycles. The number of nitrogens with one attached hydrogen (secondary N) is 1. The van der Waals surface area contributed by atoms with Crippen LogP contribution in [-0.2, 0) is 11.3 Å². The fourth-order valence-corrected chi connectivity index (χ4v) is 4.00. The van der Waals surface area contributed by atoms with Gasteiger partial charge < -0.3 is 14.6 Å². The maximum Gasteiger partial charge on any atom is 0.257 e. The van der Waals surface area contributed by atoms with Gasteiger partial charge in [-0.2, -0.15) is 0 Å². The summed E-state index contributed by atoms with van der Waals surface area (Å²) >= 11 is 6.30. The molecule has 29 heavy (non-hydrogen) atoms. The van der Waals surface area contributed by atoms with Crippen LogP contribution in [0.25, 0.3) is 11.3 Å². The van der Waals surface area contributed by atoms with Crippen molar-refractivity contribution in [1.29, 1.82) is 0 Å².